The van der Waals surface area contributed by atoms with Crippen LogP contribution in [0.1, 0.15) is 53.4 Å². The summed E-state index contributed by atoms with van der Waals surface area (Å²) in [4.78, 5) is 0. The second-order valence-corrected chi connectivity index (χ2v) is 8.59. The predicted molar refractivity (Wildman–Crippen MR) is 88.4 cm³/mol. The van der Waals surface area contributed by atoms with Gasteiger partial charge in [-0.05, 0) is 31.2 Å². The highest BCUT2D eigenvalue weighted by molar-refractivity contribution is 7.87. The zero-order valence-electron chi connectivity index (χ0n) is 14.2. The van der Waals surface area contributed by atoms with E-state index in [9.17, 15) is 8.42 Å². The molecule has 0 aliphatic heterocycles. The lowest BCUT2D eigenvalue weighted by atomic mass is 9.78. The van der Waals surface area contributed by atoms with Crippen LogP contribution in [-0.2, 0) is 10.2 Å². The molecule has 0 saturated heterocycles. The van der Waals surface area contributed by atoms with E-state index >= 15 is 0 Å². The molecule has 21 heavy (non-hydrogen) atoms. The Hall–Kier alpha value is -0.170. The van der Waals surface area contributed by atoms with Gasteiger partial charge in [0, 0.05) is 25.7 Å². The second kappa shape index (κ2) is 8.46. The Morgan fingerprint density at radius 2 is 1.90 bits per heavy atom. The van der Waals surface area contributed by atoms with Crippen molar-refractivity contribution in [3.05, 3.63) is 0 Å². The molecule has 1 saturated carbocycles. The van der Waals surface area contributed by atoms with E-state index in [1.54, 1.807) is 7.05 Å². The summed E-state index contributed by atoms with van der Waals surface area (Å²) in [5.41, 5.74) is 0. The summed E-state index contributed by atoms with van der Waals surface area (Å²) in [5.74, 6) is 0.997. The lowest BCUT2D eigenvalue weighted by Crippen LogP contribution is -2.49. The highest BCUT2D eigenvalue weighted by Gasteiger charge is 2.31. The van der Waals surface area contributed by atoms with Crippen LogP contribution in [0.5, 0.6) is 0 Å². The van der Waals surface area contributed by atoms with Gasteiger partial charge in [0.15, 0.2) is 0 Å². The minimum atomic E-state index is -3.36. The molecule has 1 fully saturated rings. The molecule has 0 aromatic carbocycles. The van der Waals surface area contributed by atoms with E-state index in [-0.39, 0.29) is 6.04 Å². The summed E-state index contributed by atoms with van der Waals surface area (Å²) in [7, 11) is -1.70. The first-order valence-electron chi connectivity index (χ1n) is 8.21. The first-order valence-corrected chi connectivity index (χ1v) is 9.65. The van der Waals surface area contributed by atoms with Gasteiger partial charge in [-0.2, -0.15) is 17.4 Å². The van der Waals surface area contributed by atoms with E-state index in [0.717, 1.165) is 25.8 Å². The normalized spacial score (nSPS) is 27.5. The van der Waals surface area contributed by atoms with Crippen molar-refractivity contribution in [3.63, 3.8) is 0 Å². The Balaban J connectivity index is 2.44. The molecular formula is C15H33N3O2S. The minimum absolute atomic E-state index is 0.0787. The maximum Gasteiger partial charge on any atom is 0.279 e. The minimum Gasteiger partial charge on any atom is -0.314 e. The van der Waals surface area contributed by atoms with Crippen molar-refractivity contribution in [2.75, 3.05) is 20.1 Å². The third kappa shape index (κ3) is 6.22. The fraction of sp³-hybridized carbons (Fsp3) is 1.00. The first kappa shape index (κ1) is 18.9. The van der Waals surface area contributed by atoms with Gasteiger partial charge in [-0.25, -0.2) is 0 Å². The molecule has 3 atom stereocenters. The van der Waals surface area contributed by atoms with Crippen molar-refractivity contribution in [2.45, 2.75) is 65.5 Å². The quantitative estimate of drug-likeness (QED) is 0.672. The van der Waals surface area contributed by atoms with Crippen LogP contribution >= 0.6 is 0 Å². The molecule has 5 nitrogen and oxygen atoms in total. The predicted octanol–water partition coefficient (Wildman–Crippen LogP) is 1.97. The van der Waals surface area contributed by atoms with E-state index in [2.05, 4.69) is 37.7 Å². The molecule has 3 unspecified atom stereocenters. The smallest absolute Gasteiger partial charge is 0.279 e. The molecular weight excluding hydrogens is 286 g/mol. The number of rotatable bonds is 8. The number of hydrogen-bond donors (Lipinski definition) is 2. The zero-order valence-corrected chi connectivity index (χ0v) is 15.0. The highest BCUT2D eigenvalue weighted by atomic mass is 32.2. The molecule has 0 radical (unpaired) electrons. The van der Waals surface area contributed by atoms with Gasteiger partial charge in [-0.1, -0.05) is 40.5 Å². The van der Waals surface area contributed by atoms with E-state index in [0.29, 0.717) is 24.4 Å². The summed E-state index contributed by atoms with van der Waals surface area (Å²) in [6.07, 6.45) is 4.09. The third-order valence-corrected chi connectivity index (χ3v) is 6.22. The standard InChI is InChI=1S/C15H33N3O2S/c1-12(2)16-10-7-11-18(5)21(19,20)17-15-9-6-8-13(3)14(15)4/h12-17H,6-11H2,1-5H3. The van der Waals surface area contributed by atoms with E-state index in [4.69, 9.17) is 0 Å². The van der Waals surface area contributed by atoms with Crippen LogP contribution in [0.25, 0.3) is 0 Å². The van der Waals surface area contributed by atoms with Crippen molar-refractivity contribution in [1.82, 2.24) is 14.3 Å². The molecule has 1 aliphatic rings. The maximum atomic E-state index is 12.4. The molecule has 0 aromatic heterocycles. The Kier molecular flexibility index (Phi) is 7.60. The summed E-state index contributed by atoms with van der Waals surface area (Å²) in [6.45, 7) is 9.94. The van der Waals surface area contributed by atoms with Crippen LogP contribution in [0, 0.1) is 11.8 Å². The Labute approximate surface area is 131 Å². The highest BCUT2D eigenvalue weighted by Crippen LogP contribution is 2.29. The third-order valence-electron chi connectivity index (χ3n) is 4.62. The van der Waals surface area contributed by atoms with Crippen LogP contribution in [0.2, 0.25) is 0 Å². The van der Waals surface area contributed by atoms with Crippen molar-refractivity contribution in [1.29, 1.82) is 0 Å². The average molecular weight is 320 g/mol. The molecule has 1 aliphatic carbocycles. The van der Waals surface area contributed by atoms with Crippen LogP contribution in [0.4, 0.5) is 0 Å². The fourth-order valence-electron chi connectivity index (χ4n) is 2.84. The van der Waals surface area contributed by atoms with Gasteiger partial charge in [0.25, 0.3) is 10.2 Å². The Morgan fingerprint density at radius 1 is 1.24 bits per heavy atom. The summed E-state index contributed by atoms with van der Waals surface area (Å²) in [6, 6.07) is 0.518. The Bertz CT molecular complexity index is 398. The molecule has 126 valence electrons. The van der Waals surface area contributed by atoms with E-state index in [1.807, 2.05) is 0 Å². The number of hydrogen-bond acceptors (Lipinski definition) is 3. The summed E-state index contributed by atoms with van der Waals surface area (Å²) in [5, 5.41) is 3.30. The average Bonchev–Trinajstić information content (AvgIpc) is 2.39. The molecule has 0 spiro atoms. The van der Waals surface area contributed by atoms with Gasteiger partial charge in [0.05, 0.1) is 0 Å². The van der Waals surface area contributed by atoms with Gasteiger partial charge in [-0.3, -0.25) is 0 Å². The molecule has 0 heterocycles. The lowest BCUT2D eigenvalue weighted by Gasteiger charge is -2.35. The summed E-state index contributed by atoms with van der Waals surface area (Å²) < 4.78 is 29.1. The topological polar surface area (TPSA) is 61.4 Å². The molecule has 0 aromatic rings. The van der Waals surface area contributed by atoms with Gasteiger partial charge in [-0.15, -0.1) is 0 Å². The molecule has 0 bridgehead atoms. The molecule has 2 N–H and O–H groups in total. The van der Waals surface area contributed by atoms with Gasteiger partial charge < -0.3 is 5.32 Å². The Morgan fingerprint density at radius 3 is 2.52 bits per heavy atom. The van der Waals surface area contributed by atoms with Crippen molar-refractivity contribution < 1.29 is 8.42 Å². The van der Waals surface area contributed by atoms with Crippen LogP contribution in [-0.4, -0.2) is 44.9 Å². The first-order chi connectivity index (χ1) is 9.74. The monoisotopic (exact) mass is 319 g/mol. The molecule has 0 amide bonds. The van der Waals surface area contributed by atoms with Crippen molar-refractivity contribution >= 4 is 10.2 Å². The lowest BCUT2D eigenvalue weighted by molar-refractivity contribution is 0.224. The van der Waals surface area contributed by atoms with Crippen LogP contribution < -0.4 is 10.0 Å². The van der Waals surface area contributed by atoms with Gasteiger partial charge in [0.1, 0.15) is 0 Å². The SMILES string of the molecule is CC(C)NCCCN(C)S(=O)(=O)NC1CCCC(C)C1C. The number of nitrogens with zero attached hydrogens (tertiary/aromatic N) is 1. The number of nitrogens with one attached hydrogen (secondary N) is 2. The van der Waals surface area contributed by atoms with Crippen molar-refractivity contribution in [2.24, 2.45) is 11.8 Å². The van der Waals surface area contributed by atoms with E-state index in [1.165, 1.54) is 10.7 Å². The van der Waals surface area contributed by atoms with Crippen molar-refractivity contribution in [3.8, 4) is 0 Å². The van der Waals surface area contributed by atoms with Crippen LogP contribution in [0.15, 0.2) is 0 Å². The fourth-order valence-corrected chi connectivity index (χ4v) is 4.11. The van der Waals surface area contributed by atoms with Crippen LogP contribution in [0.3, 0.4) is 0 Å². The second-order valence-electron chi connectivity index (χ2n) is 6.78. The molecule has 1 rings (SSSR count). The molecule has 6 heteroatoms. The summed E-state index contributed by atoms with van der Waals surface area (Å²) >= 11 is 0. The van der Waals surface area contributed by atoms with Gasteiger partial charge >= 0.3 is 0 Å². The largest absolute Gasteiger partial charge is 0.314 e. The maximum absolute atomic E-state index is 12.4. The zero-order chi connectivity index (χ0) is 16.0. The van der Waals surface area contributed by atoms with Gasteiger partial charge in [0.2, 0.25) is 0 Å². The van der Waals surface area contributed by atoms with E-state index < -0.39 is 10.2 Å².